The molecule has 0 radical (unpaired) electrons. The minimum Gasteiger partial charge on any atom is -0.373 e. The van der Waals surface area contributed by atoms with Gasteiger partial charge in [-0.2, -0.15) is 0 Å². The number of nitrogens with zero attached hydrogens (tertiary/aromatic N) is 1. The fraction of sp³-hybridized carbons (Fsp3) is 1.00. The first-order chi connectivity index (χ1) is 11.3. The van der Waals surface area contributed by atoms with Crippen LogP contribution in [0.15, 0.2) is 0 Å². The molecule has 0 bridgehead atoms. The van der Waals surface area contributed by atoms with Gasteiger partial charge in [0.2, 0.25) is 0 Å². The van der Waals surface area contributed by atoms with E-state index in [2.05, 4.69) is 39.5 Å². The third-order valence-electron chi connectivity index (χ3n) is 6.12. The van der Waals surface area contributed by atoms with E-state index in [1.807, 2.05) is 0 Å². The topological polar surface area (TPSA) is 30.9 Å². The van der Waals surface area contributed by atoms with Gasteiger partial charge < -0.3 is 14.2 Å². The highest BCUT2D eigenvalue weighted by molar-refractivity contribution is 4.88. The van der Waals surface area contributed by atoms with Crippen LogP contribution in [-0.2, 0) is 14.2 Å². The Morgan fingerprint density at radius 1 is 1.00 bits per heavy atom. The second-order valence-corrected chi connectivity index (χ2v) is 9.40. The van der Waals surface area contributed by atoms with Gasteiger partial charge in [0.1, 0.15) is 0 Å². The molecule has 1 aliphatic carbocycles. The van der Waals surface area contributed by atoms with Crippen molar-refractivity contribution in [1.82, 2.24) is 4.90 Å². The van der Waals surface area contributed by atoms with E-state index in [9.17, 15) is 0 Å². The molecular formula is C20H37NO3. The molecule has 3 unspecified atom stereocenters. The molecule has 3 fully saturated rings. The van der Waals surface area contributed by atoms with Gasteiger partial charge in [-0.05, 0) is 44.4 Å². The van der Waals surface area contributed by atoms with Gasteiger partial charge in [-0.15, -0.1) is 0 Å². The zero-order valence-corrected chi connectivity index (χ0v) is 16.3. The maximum absolute atomic E-state index is 6.54. The lowest BCUT2D eigenvalue weighted by molar-refractivity contribution is -0.312. The van der Waals surface area contributed by atoms with Crippen LogP contribution in [0.2, 0.25) is 0 Å². The molecule has 0 aromatic heterocycles. The summed E-state index contributed by atoms with van der Waals surface area (Å²) in [6.07, 6.45) is 6.54. The van der Waals surface area contributed by atoms with Crippen molar-refractivity contribution in [2.75, 3.05) is 26.2 Å². The number of hydrogen-bond acceptors (Lipinski definition) is 4. The van der Waals surface area contributed by atoms with Gasteiger partial charge in [0, 0.05) is 32.5 Å². The van der Waals surface area contributed by atoms with Crippen LogP contribution in [0.3, 0.4) is 0 Å². The van der Waals surface area contributed by atoms with Crippen LogP contribution in [0.4, 0.5) is 0 Å². The Labute approximate surface area is 148 Å². The van der Waals surface area contributed by atoms with Crippen LogP contribution in [0.25, 0.3) is 0 Å². The standard InChI is InChI=1S/C20H37NO3/c1-15-12-21(13-16(2)23-15)14-18-8-11-22-20(24-18)9-6-17(7-10-20)19(3,4)5/h15-18H,6-14H2,1-5H3. The van der Waals surface area contributed by atoms with E-state index in [0.717, 1.165) is 51.4 Å². The van der Waals surface area contributed by atoms with Crippen LogP contribution in [0.1, 0.15) is 66.7 Å². The Hall–Kier alpha value is -0.160. The average Bonchev–Trinajstić information content (AvgIpc) is 2.45. The van der Waals surface area contributed by atoms with Crippen LogP contribution in [0.5, 0.6) is 0 Å². The Kier molecular flexibility index (Phi) is 5.60. The summed E-state index contributed by atoms with van der Waals surface area (Å²) >= 11 is 0. The fourth-order valence-corrected chi connectivity index (χ4v) is 4.81. The molecule has 1 saturated carbocycles. The molecule has 4 nitrogen and oxygen atoms in total. The highest BCUT2D eigenvalue weighted by atomic mass is 16.7. The first-order valence-corrected chi connectivity index (χ1v) is 9.95. The maximum Gasteiger partial charge on any atom is 0.168 e. The molecule has 3 aliphatic rings. The number of rotatable bonds is 2. The summed E-state index contributed by atoms with van der Waals surface area (Å²) in [5.74, 6) is 0.491. The highest BCUT2D eigenvalue weighted by Gasteiger charge is 2.44. The number of ether oxygens (including phenoxy) is 3. The lowest BCUT2D eigenvalue weighted by Crippen LogP contribution is -2.53. The van der Waals surface area contributed by atoms with Gasteiger partial charge in [-0.1, -0.05) is 20.8 Å². The molecule has 1 spiro atoms. The molecule has 140 valence electrons. The van der Waals surface area contributed by atoms with E-state index < -0.39 is 0 Å². The largest absolute Gasteiger partial charge is 0.373 e. The van der Waals surface area contributed by atoms with Gasteiger partial charge in [-0.3, -0.25) is 4.90 Å². The molecule has 24 heavy (non-hydrogen) atoms. The van der Waals surface area contributed by atoms with Crippen LogP contribution in [-0.4, -0.2) is 55.2 Å². The fourth-order valence-electron chi connectivity index (χ4n) is 4.81. The van der Waals surface area contributed by atoms with Crippen LogP contribution < -0.4 is 0 Å². The van der Waals surface area contributed by atoms with Crippen molar-refractivity contribution in [1.29, 1.82) is 0 Å². The van der Waals surface area contributed by atoms with E-state index in [1.54, 1.807) is 0 Å². The molecule has 4 heteroatoms. The molecular weight excluding hydrogens is 302 g/mol. The third kappa shape index (κ3) is 4.51. The summed E-state index contributed by atoms with van der Waals surface area (Å²) < 4.78 is 18.6. The summed E-state index contributed by atoms with van der Waals surface area (Å²) in [4.78, 5) is 2.52. The maximum atomic E-state index is 6.54. The summed E-state index contributed by atoms with van der Waals surface area (Å²) in [6.45, 7) is 15.3. The van der Waals surface area contributed by atoms with Crippen LogP contribution >= 0.6 is 0 Å². The zero-order valence-electron chi connectivity index (χ0n) is 16.3. The third-order valence-corrected chi connectivity index (χ3v) is 6.12. The first-order valence-electron chi connectivity index (χ1n) is 9.95. The van der Waals surface area contributed by atoms with E-state index in [0.29, 0.717) is 23.7 Å². The summed E-state index contributed by atoms with van der Waals surface area (Å²) in [5.41, 5.74) is 0.399. The van der Waals surface area contributed by atoms with Crippen molar-refractivity contribution < 1.29 is 14.2 Å². The van der Waals surface area contributed by atoms with E-state index in [4.69, 9.17) is 14.2 Å². The molecule has 0 amide bonds. The van der Waals surface area contributed by atoms with Gasteiger partial charge in [0.05, 0.1) is 24.9 Å². The second-order valence-electron chi connectivity index (χ2n) is 9.40. The van der Waals surface area contributed by atoms with Gasteiger partial charge in [0.25, 0.3) is 0 Å². The Morgan fingerprint density at radius 3 is 2.21 bits per heavy atom. The molecule has 0 aromatic carbocycles. The van der Waals surface area contributed by atoms with Gasteiger partial charge >= 0.3 is 0 Å². The van der Waals surface area contributed by atoms with E-state index in [1.165, 1.54) is 12.8 Å². The molecule has 3 atom stereocenters. The number of hydrogen-bond donors (Lipinski definition) is 0. The molecule has 0 N–H and O–H groups in total. The van der Waals surface area contributed by atoms with Crippen molar-refractivity contribution in [3.63, 3.8) is 0 Å². The van der Waals surface area contributed by atoms with Crippen molar-refractivity contribution in [2.45, 2.75) is 90.8 Å². The summed E-state index contributed by atoms with van der Waals surface area (Å²) in [6, 6.07) is 0. The first kappa shape index (κ1) is 18.6. The smallest absolute Gasteiger partial charge is 0.168 e. The lowest BCUT2D eigenvalue weighted by atomic mass is 9.71. The van der Waals surface area contributed by atoms with Crippen molar-refractivity contribution in [2.24, 2.45) is 11.3 Å². The average molecular weight is 340 g/mol. The number of morpholine rings is 1. The Bertz CT molecular complexity index is 402. The minimum atomic E-state index is -0.297. The quantitative estimate of drug-likeness (QED) is 0.765. The minimum absolute atomic E-state index is 0.297. The van der Waals surface area contributed by atoms with E-state index >= 15 is 0 Å². The van der Waals surface area contributed by atoms with Gasteiger partial charge in [-0.25, -0.2) is 0 Å². The van der Waals surface area contributed by atoms with Gasteiger partial charge in [0.15, 0.2) is 5.79 Å². The van der Waals surface area contributed by atoms with Crippen LogP contribution in [0, 0.1) is 11.3 Å². The molecule has 0 aromatic rings. The Morgan fingerprint density at radius 2 is 1.62 bits per heavy atom. The molecule has 3 rings (SSSR count). The predicted octanol–water partition coefficient (Wildman–Crippen LogP) is 3.83. The second kappa shape index (κ2) is 7.22. The highest BCUT2D eigenvalue weighted by Crippen LogP contribution is 2.45. The normalized spacial score (nSPS) is 42.4. The predicted molar refractivity (Wildman–Crippen MR) is 96.0 cm³/mol. The summed E-state index contributed by atoms with van der Waals surface area (Å²) in [5, 5.41) is 0. The SMILES string of the molecule is CC1CN(CC2CCOC3(CCC(C(C)(C)C)CC3)O2)CC(C)O1. The van der Waals surface area contributed by atoms with Crippen molar-refractivity contribution in [3.05, 3.63) is 0 Å². The molecule has 2 heterocycles. The monoisotopic (exact) mass is 339 g/mol. The van der Waals surface area contributed by atoms with E-state index in [-0.39, 0.29) is 5.79 Å². The zero-order chi connectivity index (χ0) is 17.4. The summed E-state index contributed by atoms with van der Waals surface area (Å²) in [7, 11) is 0. The lowest BCUT2D eigenvalue weighted by Gasteiger charge is -2.48. The van der Waals surface area contributed by atoms with Crippen molar-refractivity contribution >= 4 is 0 Å². The molecule has 2 aliphatic heterocycles. The molecule has 2 saturated heterocycles. The van der Waals surface area contributed by atoms with Crippen molar-refractivity contribution in [3.8, 4) is 0 Å². The Balaban J connectivity index is 1.53.